The molecule has 1 aliphatic heterocycles. The molecular formula is C21H25FN4. The van der Waals surface area contributed by atoms with Gasteiger partial charge in [0, 0.05) is 48.7 Å². The van der Waals surface area contributed by atoms with Gasteiger partial charge in [0.05, 0.1) is 5.69 Å². The molecule has 1 aliphatic rings. The maximum atomic E-state index is 12.5. The van der Waals surface area contributed by atoms with E-state index in [2.05, 4.69) is 46.9 Å². The van der Waals surface area contributed by atoms with Gasteiger partial charge >= 0.3 is 0 Å². The molecule has 1 aromatic carbocycles. The van der Waals surface area contributed by atoms with Crippen molar-refractivity contribution in [1.82, 2.24) is 9.88 Å². The molecule has 0 fully saturated rings. The van der Waals surface area contributed by atoms with Gasteiger partial charge in [0.25, 0.3) is 0 Å². The molecule has 1 aromatic heterocycles. The van der Waals surface area contributed by atoms with Crippen LogP contribution in [0, 0.1) is 11.8 Å². The van der Waals surface area contributed by atoms with Crippen LogP contribution < -0.4 is 15.6 Å². The number of hydrogen-bond donors (Lipinski definition) is 1. The van der Waals surface area contributed by atoms with Crippen molar-refractivity contribution in [2.45, 2.75) is 13.0 Å². The van der Waals surface area contributed by atoms with E-state index in [0.29, 0.717) is 6.54 Å². The Morgan fingerprint density at radius 2 is 1.92 bits per heavy atom. The van der Waals surface area contributed by atoms with Crippen LogP contribution in [0.15, 0.2) is 29.3 Å². The zero-order valence-electron chi connectivity index (χ0n) is 15.6. The fourth-order valence-electron chi connectivity index (χ4n) is 3.05. The summed E-state index contributed by atoms with van der Waals surface area (Å²) in [7, 11) is 6.00. The summed E-state index contributed by atoms with van der Waals surface area (Å²) in [6.45, 7) is 1.70. The minimum atomic E-state index is -0.355. The predicted molar refractivity (Wildman–Crippen MR) is 105 cm³/mol. The Bertz CT molecular complexity index is 929. The fraction of sp³-hybridized carbons (Fsp3) is 0.381. The van der Waals surface area contributed by atoms with Crippen LogP contribution in [0.4, 0.5) is 10.1 Å². The molecule has 0 bridgehead atoms. The van der Waals surface area contributed by atoms with Gasteiger partial charge in [-0.25, -0.2) is 4.39 Å². The first-order chi connectivity index (χ1) is 12.6. The second-order valence-corrected chi connectivity index (χ2v) is 6.76. The number of alkyl halides is 1. The molecule has 0 aliphatic carbocycles. The lowest BCUT2D eigenvalue weighted by Crippen LogP contribution is -2.30. The normalized spacial score (nSPS) is 12.7. The molecule has 0 saturated heterocycles. The van der Waals surface area contributed by atoms with E-state index in [1.165, 1.54) is 10.8 Å². The van der Waals surface area contributed by atoms with Crippen molar-refractivity contribution < 1.29 is 4.39 Å². The molecule has 0 radical (unpaired) electrons. The molecule has 0 unspecified atom stereocenters. The predicted octanol–water partition coefficient (Wildman–Crippen LogP) is 1.69. The highest BCUT2D eigenvalue weighted by Gasteiger charge is 2.10. The SMILES string of the molecule is CN(C)Cc1c(C#Cc2ccc(N(C)CCF)cc2)[nH]c2c1=CCCN=2. The lowest BCUT2D eigenvalue weighted by Gasteiger charge is -2.16. The number of halogens is 1. The van der Waals surface area contributed by atoms with Crippen LogP contribution in [0.2, 0.25) is 0 Å². The van der Waals surface area contributed by atoms with E-state index in [-0.39, 0.29) is 6.67 Å². The van der Waals surface area contributed by atoms with E-state index in [0.717, 1.165) is 41.9 Å². The summed E-state index contributed by atoms with van der Waals surface area (Å²) in [6, 6.07) is 7.90. The largest absolute Gasteiger partial charge is 0.372 e. The average molecular weight is 352 g/mol. The summed E-state index contributed by atoms with van der Waals surface area (Å²) in [4.78, 5) is 12.0. The smallest absolute Gasteiger partial charge is 0.133 e. The Kier molecular flexibility index (Phi) is 5.75. The zero-order chi connectivity index (χ0) is 18.5. The van der Waals surface area contributed by atoms with Crippen LogP contribution in [0.1, 0.15) is 23.2 Å². The van der Waals surface area contributed by atoms with Crippen molar-refractivity contribution in [3.8, 4) is 11.8 Å². The molecule has 26 heavy (non-hydrogen) atoms. The number of hydrogen-bond acceptors (Lipinski definition) is 3. The molecule has 0 spiro atoms. The van der Waals surface area contributed by atoms with Crippen LogP contribution in [-0.4, -0.2) is 50.8 Å². The maximum absolute atomic E-state index is 12.5. The van der Waals surface area contributed by atoms with Gasteiger partial charge in [0.2, 0.25) is 0 Å². The fourth-order valence-corrected chi connectivity index (χ4v) is 3.05. The van der Waals surface area contributed by atoms with Gasteiger partial charge in [-0.2, -0.15) is 0 Å². The van der Waals surface area contributed by atoms with E-state index in [1.807, 2.05) is 36.2 Å². The highest BCUT2D eigenvalue weighted by Crippen LogP contribution is 2.13. The highest BCUT2D eigenvalue weighted by molar-refractivity contribution is 5.52. The van der Waals surface area contributed by atoms with Gasteiger partial charge in [-0.15, -0.1) is 0 Å². The van der Waals surface area contributed by atoms with Gasteiger partial charge in [0.15, 0.2) is 0 Å². The third-order valence-electron chi connectivity index (χ3n) is 4.41. The third kappa shape index (κ3) is 4.14. The van der Waals surface area contributed by atoms with Crippen LogP contribution in [0.3, 0.4) is 0 Å². The minimum Gasteiger partial charge on any atom is -0.372 e. The Morgan fingerprint density at radius 1 is 1.15 bits per heavy atom. The monoisotopic (exact) mass is 352 g/mol. The van der Waals surface area contributed by atoms with Crippen LogP contribution in [0.25, 0.3) is 6.08 Å². The van der Waals surface area contributed by atoms with Crippen molar-refractivity contribution >= 4 is 11.8 Å². The van der Waals surface area contributed by atoms with Crippen molar-refractivity contribution in [1.29, 1.82) is 0 Å². The first-order valence-electron chi connectivity index (χ1n) is 8.88. The Hall–Kier alpha value is -2.58. The van der Waals surface area contributed by atoms with Gasteiger partial charge < -0.3 is 14.8 Å². The lowest BCUT2D eigenvalue weighted by atomic mass is 10.1. The topological polar surface area (TPSA) is 34.6 Å². The number of nitrogens with zero attached hydrogens (tertiary/aromatic N) is 3. The standard InChI is InChI=1S/C21H25FN4/c1-25(2)15-19-18-5-4-13-23-21(18)24-20(19)11-8-16-6-9-17(10-7-16)26(3)14-12-22/h5-7,9-10H,4,12-15H2,1-3H3,(H,23,24). The highest BCUT2D eigenvalue weighted by atomic mass is 19.1. The van der Waals surface area contributed by atoms with Gasteiger partial charge in [-0.3, -0.25) is 4.99 Å². The van der Waals surface area contributed by atoms with Crippen LogP contribution in [-0.2, 0) is 6.54 Å². The number of benzene rings is 1. The molecule has 5 heteroatoms. The number of fused-ring (bicyclic) bond motifs is 1. The number of aromatic nitrogens is 1. The summed E-state index contributed by atoms with van der Waals surface area (Å²) >= 11 is 0. The van der Waals surface area contributed by atoms with Crippen LogP contribution >= 0.6 is 0 Å². The lowest BCUT2D eigenvalue weighted by molar-refractivity contribution is 0.401. The van der Waals surface area contributed by atoms with Crippen molar-refractivity contribution in [2.24, 2.45) is 4.99 Å². The summed E-state index contributed by atoms with van der Waals surface area (Å²) in [5.41, 5.74) is 5.02. The van der Waals surface area contributed by atoms with E-state index in [4.69, 9.17) is 0 Å². The van der Waals surface area contributed by atoms with Gasteiger partial charge in [-0.1, -0.05) is 12.0 Å². The molecular weight excluding hydrogens is 327 g/mol. The summed E-state index contributed by atoms with van der Waals surface area (Å²) < 4.78 is 12.5. The second-order valence-electron chi connectivity index (χ2n) is 6.76. The molecule has 2 heterocycles. The third-order valence-corrected chi connectivity index (χ3v) is 4.41. The number of aromatic amines is 1. The Balaban J connectivity index is 1.90. The summed E-state index contributed by atoms with van der Waals surface area (Å²) in [6.07, 6.45) is 3.23. The number of nitrogens with one attached hydrogen (secondary N) is 1. The molecule has 0 atom stereocenters. The van der Waals surface area contributed by atoms with Crippen molar-refractivity contribution in [2.75, 3.05) is 45.8 Å². The molecule has 2 aromatic rings. The number of anilines is 1. The molecule has 1 N–H and O–H groups in total. The number of H-pyrrole nitrogens is 1. The number of rotatable bonds is 5. The first-order valence-corrected chi connectivity index (χ1v) is 8.88. The Labute approximate surface area is 154 Å². The second kappa shape index (κ2) is 8.20. The quantitative estimate of drug-likeness (QED) is 0.831. The average Bonchev–Trinajstić information content (AvgIpc) is 2.98. The molecule has 136 valence electrons. The van der Waals surface area contributed by atoms with Gasteiger partial charge in [-0.05, 0) is 50.7 Å². The minimum absolute atomic E-state index is 0.355. The summed E-state index contributed by atoms with van der Waals surface area (Å²) in [5, 5.41) is 1.19. The van der Waals surface area contributed by atoms with Gasteiger partial charge in [0.1, 0.15) is 12.2 Å². The van der Waals surface area contributed by atoms with E-state index in [1.54, 1.807) is 0 Å². The van der Waals surface area contributed by atoms with E-state index < -0.39 is 0 Å². The van der Waals surface area contributed by atoms with Crippen molar-refractivity contribution in [3.63, 3.8) is 0 Å². The molecule has 0 saturated carbocycles. The van der Waals surface area contributed by atoms with E-state index >= 15 is 0 Å². The molecule has 3 rings (SSSR count). The molecule has 4 nitrogen and oxygen atoms in total. The zero-order valence-corrected chi connectivity index (χ0v) is 15.6. The summed E-state index contributed by atoms with van der Waals surface area (Å²) in [5.74, 6) is 6.51. The van der Waals surface area contributed by atoms with Crippen LogP contribution in [0.5, 0.6) is 0 Å². The van der Waals surface area contributed by atoms with E-state index in [9.17, 15) is 4.39 Å². The maximum Gasteiger partial charge on any atom is 0.133 e. The molecule has 0 amide bonds. The Morgan fingerprint density at radius 3 is 2.62 bits per heavy atom. The van der Waals surface area contributed by atoms with Crippen molar-refractivity contribution in [3.05, 3.63) is 51.8 Å². The first kappa shape index (κ1) is 18.2.